The van der Waals surface area contributed by atoms with Crippen molar-refractivity contribution in [2.24, 2.45) is 5.10 Å². The normalized spacial score (nSPS) is 11.2. The third-order valence-corrected chi connectivity index (χ3v) is 3.46. The molecule has 4 nitrogen and oxygen atoms in total. The standard InChI is InChI=1S/C16H15BrN2O2/c1-2-15(11-5-9-14(20)10-6-11)18-19-16(21)12-3-7-13(17)8-4-12/h3-10,20H,2H2,1H3,(H,19,21)/b18-15+. The summed E-state index contributed by atoms with van der Waals surface area (Å²) >= 11 is 3.32. The first-order valence-electron chi connectivity index (χ1n) is 6.52. The van der Waals surface area contributed by atoms with E-state index in [0.29, 0.717) is 12.0 Å². The van der Waals surface area contributed by atoms with Gasteiger partial charge in [-0.2, -0.15) is 5.10 Å². The second-order valence-corrected chi connectivity index (χ2v) is 5.32. The molecule has 0 aliphatic rings. The van der Waals surface area contributed by atoms with E-state index < -0.39 is 0 Å². The van der Waals surface area contributed by atoms with Crippen molar-refractivity contribution in [1.82, 2.24) is 5.43 Å². The van der Waals surface area contributed by atoms with Crippen LogP contribution >= 0.6 is 15.9 Å². The first-order chi connectivity index (χ1) is 10.1. The number of halogens is 1. The molecule has 0 fully saturated rings. The molecule has 0 bridgehead atoms. The number of hydrogen-bond acceptors (Lipinski definition) is 3. The van der Waals surface area contributed by atoms with Gasteiger partial charge in [-0.3, -0.25) is 4.79 Å². The van der Waals surface area contributed by atoms with E-state index in [1.54, 1.807) is 48.5 Å². The number of benzene rings is 2. The maximum atomic E-state index is 12.0. The summed E-state index contributed by atoms with van der Waals surface area (Å²) < 4.78 is 0.917. The van der Waals surface area contributed by atoms with E-state index in [1.807, 2.05) is 6.92 Å². The van der Waals surface area contributed by atoms with Crippen molar-refractivity contribution < 1.29 is 9.90 Å². The van der Waals surface area contributed by atoms with E-state index >= 15 is 0 Å². The molecule has 0 saturated carbocycles. The average Bonchev–Trinajstić information content (AvgIpc) is 2.50. The topological polar surface area (TPSA) is 61.7 Å². The highest BCUT2D eigenvalue weighted by Crippen LogP contribution is 2.12. The zero-order valence-electron chi connectivity index (χ0n) is 11.5. The summed E-state index contributed by atoms with van der Waals surface area (Å²) in [5.41, 5.74) is 4.72. The summed E-state index contributed by atoms with van der Waals surface area (Å²) in [7, 11) is 0. The van der Waals surface area contributed by atoms with E-state index in [2.05, 4.69) is 26.5 Å². The van der Waals surface area contributed by atoms with Crippen LogP contribution in [0.4, 0.5) is 0 Å². The van der Waals surface area contributed by atoms with Gasteiger partial charge < -0.3 is 5.11 Å². The zero-order chi connectivity index (χ0) is 15.2. The van der Waals surface area contributed by atoms with E-state index in [0.717, 1.165) is 15.7 Å². The predicted octanol–water partition coefficient (Wildman–Crippen LogP) is 3.70. The second kappa shape index (κ2) is 7.04. The molecule has 2 rings (SSSR count). The molecule has 108 valence electrons. The zero-order valence-corrected chi connectivity index (χ0v) is 13.1. The van der Waals surface area contributed by atoms with Gasteiger partial charge in [-0.05, 0) is 60.5 Å². The van der Waals surface area contributed by atoms with Gasteiger partial charge in [0.25, 0.3) is 5.91 Å². The SMILES string of the molecule is CC/C(=N\NC(=O)c1ccc(Br)cc1)c1ccc(O)cc1. The fraction of sp³-hybridized carbons (Fsp3) is 0.125. The van der Waals surface area contributed by atoms with Crippen LogP contribution in [0, 0.1) is 0 Å². The molecule has 0 aliphatic heterocycles. The van der Waals surface area contributed by atoms with E-state index in [9.17, 15) is 9.90 Å². The monoisotopic (exact) mass is 346 g/mol. The Kier molecular flexibility index (Phi) is 5.11. The lowest BCUT2D eigenvalue weighted by molar-refractivity contribution is 0.0955. The van der Waals surface area contributed by atoms with Crippen LogP contribution < -0.4 is 5.43 Å². The molecule has 0 unspecified atom stereocenters. The molecule has 0 aliphatic carbocycles. The van der Waals surface area contributed by atoms with Crippen LogP contribution in [0.25, 0.3) is 0 Å². The number of amides is 1. The summed E-state index contributed by atoms with van der Waals surface area (Å²) in [4.78, 5) is 12.0. The van der Waals surface area contributed by atoms with Gasteiger partial charge in [-0.1, -0.05) is 22.9 Å². The lowest BCUT2D eigenvalue weighted by Gasteiger charge is -2.05. The Labute approximate surface area is 131 Å². The van der Waals surface area contributed by atoms with Crippen molar-refractivity contribution in [2.75, 3.05) is 0 Å². The third-order valence-electron chi connectivity index (χ3n) is 2.93. The molecule has 2 aromatic carbocycles. The van der Waals surface area contributed by atoms with Crippen LogP contribution in [0.15, 0.2) is 58.1 Å². The number of rotatable bonds is 4. The lowest BCUT2D eigenvalue weighted by atomic mass is 10.1. The molecule has 2 aromatic rings. The molecule has 2 N–H and O–H groups in total. The van der Waals surface area contributed by atoms with Crippen molar-refractivity contribution in [3.63, 3.8) is 0 Å². The molecule has 0 saturated heterocycles. The average molecular weight is 347 g/mol. The maximum absolute atomic E-state index is 12.0. The number of phenolic OH excluding ortho intramolecular Hbond substituents is 1. The van der Waals surface area contributed by atoms with E-state index in [4.69, 9.17) is 0 Å². The first-order valence-corrected chi connectivity index (χ1v) is 7.31. The second-order valence-electron chi connectivity index (χ2n) is 4.41. The van der Waals surface area contributed by atoms with E-state index in [1.165, 1.54) is 0 Å². The van der Waals surface area contributed by atoms with Crippen LogP contribution in [0.3, 0.4) is 0 Å². The van der Waals surface area contributed by atoms with Gasteiger partial charge in [-0.25, -0.2) is 5.43 Å². The number of hydrazone groups is 1. The number of nitrogens with one attached hydrogen (secondary N) is 1. The number of carbonyl (C=O) groups is 1. The lowest BCUT2D eigenvalue weighted by Crippen LogP contribution is -2.19. The summed E-state index contributed by atoms with van der Waals surface area (Å²) in [6.07, 6.45) is 0.672. The number of aromatic hydroxyl groups is 1. The van der Waals surface area contributed by atoms with Crippen LogP contribution in [0.5, 0.6) is 5.75 Å². The highest BCUT2D eigenvalue weighted by molar-refractivity contribution is 9.10. The van der Waals surface area contributed by atoms with E-state index in [-0.39, 0.29) is 11.7 Å². The molecule has 5 heteroatoms. The minimum atomic E-state index is -0.257. The van der Waals surface area contributed by atoms with Crippen LogP contribution in [-0.4, -0.2) is 16.7 Å². The molecular formula is C16H15BrN2O2. The van der Waals surface area contributed by atoms with Crippen molar-refractivity contribution in [1.29, 1.82) is 0 Å². The number of phenols is 1. The Morgan fingerprint density at radius 2 is 1.67 bits per heavy atom. The molecular weight excluding hydrogens is 332 g/mol. The Balaban J connectivity index is 2.12. The maximum Gasteiger partial charge on any atom is 0.271 e. The number of nitrogens with zero attached hydrogens (tertiary/aromatic N) is 1. The Morgan fingerprint density at radius 3 is 2.24 bits per heavy atom. The molecule has 0 atom stereocenters. The van der Waals surface area contributed by atoms with Crippen molar-refractivity contribution in [3.8, 4) is 5.75 Å². The number of hydrogen-bond donors (Lipinski definition) is 2. The van der Waals surface area contributed by atoms with Gasteiger partial charge in [0.2, 0.25) is 0 Å². The first kappa shape index (κ1) is 15.3. The van der Waals surface area contributed by atoms with Crippen LogP contribution in [0.1, 0.15) is 29.3 Å². The Bertz CT molecular complexity index is 649. The quantitative estimate of drug-likeness (QED) is 0.654. The summed E-state index contributed by atoms with van der Waals surface area (Å²) in [5.74, 6) is -0.0553. The summed E-state index contributed by atoms with van der Waals surface area (Å²) in [6.45, 7) is 1.96. The van der Waals surface area contributed by atoms with Gasteiger partial charge >= 0.3 is 0 Å². The number of carbonyl (C=O) groups excluding carboxylic acids is 1. The van der Waals surface area contributed by atoms with Crippen molar-refractivity contribution in [3.05, 3.63) is 64.1 Å². The molecule has 21 heavy (non-hydrogen) atoms. The van der Waals surface area contributed by atoms with Crippen molar-refractivity contribution in [2.45, 2.75) is 13.3 Å². The summed E-state index contributed by atoms with van der Waals surface area (Å²) in [5, 5.41) is 13.5. The smallest absolute Gasteiger partial charge is 0.271 e. The van der Waals surface area contributed by atoms with Crippen LogP contribution in [-0.2, 0) is 0 Å². The Morgan fingerprint density at radius 1 is 1.10 bits per heavy atom. The molecule has 1 amide bonds. The van der Waals surface area contributed by atoms with Gasteiger partial charge in [0.1, 0.15) is 5.75 Å². The van der Waals surface area contributed by atoms with Gasteiger partial charge in [0.05, 0.1) is 5.71 Å². The minimum absolute atomic E-state index is 0.202. The highest BCUT2D eigenvalue weighted by atomic mass is 79.9. The van der Waals surface area contributed by atoms with Crippen LogP contribution in [0.2, 0.25) is 0 Å². The predicted molar refractivity (Wildman–Crippen MR) is 86.5 cm³/mol. The van der Waals surface area contributed by atoms with Gasteiger partial charge in [-0.15, -0.1) is 0 Å². The highest BCUT2D eigenvalue weighted by Gasteiger charge is 2.06. The summed E-state index contributed by atoms with van der Waals surface area (Å²) in [6, 6.07) is 13.8. The molecule has 0 heterocycles. The minimum Gasteiger partial charge on any atom is -0.508 e. The van der Waals surface area contributed by atoms with Gasteiger partial charge in [0.15, 0.2) is 0 Å². The van der Waals surface area contributed by atoms with Crippen molar-refractivity contribution >= 4 is 27.5 Å². The molecule has 0 radical (unpaired) electrons. The fourth-order valence-electron chi connectivity index (χ4n) is 1.79. The largest absolute Gasteiger partial charge is 0.508 e. The molecule has 0 spiro atoms. The third kappa shape index (κ3) is 4.16. The van der Waals surface area contributed by atoms with Gasteiger partial charge in [0, 0.05) is 10.0 Å². The Hall–Kier alpha value is -2.14. The fourth-order valence-corrected chi connectivity index (χ4v) is 2.05. The molecule has 0 aromatic heterocycles.